The van der Waals surface area contributed by atoms with Crippen LogP contribution in [-0.2, 0) is 34.9 Å². The maximum absolute atomic E-state index is 13.2. The van der Waals surface area contributed by atoms with Crippen LogP contribution in [0.2, 0.25) is 18.1 Å². The van der Waals surface area contributed by atoms with Crippen molar-refractivity contribution in [1.82, 2.24) is 9.88 Å². The average molecular weight is 583 g/mol. The molecule has 1 fully saturated rings. The van der Waals surface area contributed by atoms with E-state index in [4.69, 9.17) is 13.9 Å². The van der Waals surface area contributed by atoms with Crippen molar-refractivity contribution in [3.8, 4) is 0 Å². The van der Waals surface area contributed by atoms with Crippen molar-refractivity contribution >= 4 is 55.3 Å². The third-order valence-electron chi connectivity index (χ3n) is 7.52. The smallest absolute Gasteiger partial charge is 0.353 e. The van der Waals surface area contributed by atoms with Crippen LogP contribution in [0.3, 0.4) is 0 Å². The number of fused-ring (bicyclic) bond motifs is 1. The highest BCUT2D eigenvalue weighted by Crippen LogP contribution is 2.51. The summed E-state index contributed by atoms with van der Waals surface area (Å²) in [4.78, 5) is 43.7. The van der Waals surface area contributed by atoms with Gasteiger partial charge in [-0.25, -0.2) is 9.78 Å². The Hall–Kier alpha value is -1.99. The molecule has 3 heterocycles. The first kappa shape index (κ1) is 30.5. The van der Waals surface area contributed by atoms with Gasteiger partial charge in [-0.2, -0.15) is 0 Å². The number of ether oxygens (including phenoxy) is 2. The van der Waals surface area contributed by atoms with E-state index in [0.717, 1.165) is 28.7 Å². The van der Waals surface area contributed by atoms with Crippen molar-refractivity contribution < 1.29 is 33.4 Å². The van der Waals surface area contributed by atoms with Crippen molar-refractivity contribution in [3.63, 3.8) is 0 Å². The minimum atomic E-state index is -1.91. The minimum absolute atomic E-state index is 0.0777. The van der Waals surface area contributed by atoms with Crippen LogP contribution in [0.15, 0.2) is 21.5 Å². The Bertz CT molecular complexity index is 1080. The van der Waals surface area contributed by atoms with Gasteiger partial charge in [-0.1, -0.05) is 39.5 Å². The van der Waals surface area contributed by atoms with Crippen molar-refractivity contribution in [2.24, 2.45) is 11.8 Å². The molecule has 2 aliphatic heterocycles. The van der Waals surface area contributed by atoms with Crippen molar-refractivity contribution in [2.75, 3.05) is 13.2 Å². The minimum Gasteiger partial charge on any atom is -0.477 e. The zero-order chi connectivity index (χ0) is 28.0. The Balaban J connectivity index is 1.68. The number of carboxylic acids is 1. The average Bonchev–Trinajstić information content (AvgIpc) is 3.42. The molecule has 1 saturated heterocycles. The molecule has 0 aromatic carbocycles. The van der Waals surface area contributed by atoms with Gasteiger partial charge in [0.05, 0.1) is 47.4 Å². The third-order valence-corrected chi connectivity index (χ3v) is 14.2. The molecule has 2 aliphatic rings. The number of amides is 1. The van der Waals surface area contributed by atoms with Crippen LogP contribution in [0.1, 0.15) is 52.1 Å². The standard InChI is InChI=1S/C26H38N2O7S2Si/c1-7-38(8-2,9-3)35-17(5)21-22-16(4)24(23(26(31)32)28(22)25(21)30)36-13-10-20-19(27-15-37-20)14-33-11-12-34-18(6)29/h10,13,15-17,21-22H,7-9,11-12,14H2,1-6H3,(H,31,32)/b13-10-/t16-,17-,21-,22-/m1/s1. The maximum atomic E-state index is 13.2. The van der Waals surface area contributed by atoms with Crippen molar-refractivity contribution in [2.45, 2.75) is 78.4 Å². The number of nitrogens with zero attached hydrogens (tertiary/aromatic N) is 2. The van der Waals surface area contributed by atoms with Crippen LogP contribution < -0.4 is 0 Å². The number of esters is 1. The molecule has 38 heavy (non-hydrogen) atoms. The molecular formula is C26H38N2O7S2Si. The summed E-state index contributed by atoms with van der Waals surface area (Å²) in [5.74, 6) is -2.05. The number of hydrogen-bond donors (Lipinski definition) is 1. The lowest BCUT2D eigenvalue weighted by atomic mass is 9.79. The highest BCUT2D eigenvalue weighted by molar-refractivity contribution is 8.06. The van der Waals surface area contributed by atoms with Crippen LogP contribution in [0.4, 0.5) is 0 Å². The van der Waals surface area contributed by atoms with Gasteiger partial charge in [0.1, 0.15) is 12.3 Å². The summed E-state index contributed by atoms with van der Waals surface area (Å²) in [5.41, 5.74) is 2.55. The first-order valence-corrected chi connectivity index (χ1v) is 17.3. The zero-order valence-electron chi connectivity index (χ0n) is 22.9. The van der Waals surface area contributed by atoms with Crippen LogP contribution in [-0.4, -0.2) is 66.5 Å². The number of carbonyl (C=O) groups excluding carboxylic acids is 2. The normalized spacial score (nSPS) is 22.1. The number of aromatic nitrogens is 1. The number of hydrogen-bond acceptors (Lipinski definition) is 9. The fourth-order valence-corrected chi connectivity index (χ4v) is 9.95. The molecule has 4 atom stereocenters. The monoisotopic (exact) mass is 582 g/mol. The number of carbonyl (C=O) groups is 3. The van der Waals surface area contributed by atoms with Crippen LogP contribution >= 0.6 is 23.1 Å². The lowest BCUT2D eigenvalue weighted by Crippen LogP contribution is -2.65. The predicted molar refractivity (Wildman–Crippen MR) is 151 cm³/mol. The van der Waals surface area contributed by atoms with Gasteiger partial charge in [-0.05, 0) is 36.5 Å². The van der Waals surface area contributed by atoms with Crippen molar-refractivity contribution in [1.29, 1.82) is 0 Å². The Morgan fingerprint density at radius 3 is 2.55 bits per heavy atom. The van der Waals surface area contributed by atoms with E-state index in [1.54, 1.807) is 5.51 Å². The summed E-state index contributed by atoms with van der Waals surface area (Å²) in [6.07, 6.45) is 1.64. The van der Waals surface area contributed by atoms with E-state index in [1.165, 1.54) is 34.9 Å². The highest BCUT2D eigenvalue weighted by Gasteiger charge is 2.60. The van der Waals surface area contributed by atoms with Gasteiger partial charge in [0, 0.05) is 17.7 Å². The van der Waals surface area contributed by atoms with Gasteiger partial charge < -0.3 is 23.9 Å². The first-order valence-electron chi connectivity index (χ1n) is 13.1. The Morgan fingerprint density at radius 2 is 1.95 bits per heavy atom. The molecule has 0 bridgehead atoms. The summed E-state index contributed by atoms with van der Waals surface area (Å²) in [6, 6.07) is 2.78. The van der Waals surface area contributed by atoms with Gasteiger partial charge in [-0.15, -0.1) is 11.3 Å². The van der Waals surface area contributed by atoms with Crippen LogP contribution in [0.25, 0.3) is 6.08 Å². The molecule has 210 valence electrons. The summed E-state index contributed by atoms with van der Waals surface area (Å²) in [6.45, 7) is 12.5. The van der Waals surface area contributed by atoms with Crippen LogP contribution in [0, 0.1) is 11.8 Å². The Morgan fingerprint density at radius 1 is 1.26 bits per heavy atom. The van der Waals surface area contributed by atoms with E-state index in [9.17, 15) is 19.5 Å². The topological polar surface area (TPSA) is 115 Å². The van der Waals surface area contributed by atoms with Gasteiger partial charge in [0.25, 0.3) is 0 Å². The Kier molecular flexibility index (Phi) is 10.8. The molecule has 1 aromatic heterocycles. The second-order valence-corrected chi connectivity index (χ2v) is 16.1. The number of aliphatic carboxylic acids is 1. The van der Waals surface area contributed by atoms with Gasteiger partial charge >= 0.3 is 11.9 Å². The van der Waals surface area contributed by atoms with Crippen LogP contribution in [0.5, 0.6) is 0 Å². The van der Waals surface area contributed by atoms with Gasteiger partial charge in [0.2, 0.25) is 5.91 Å². The molecule has 3 rings (SSSR count). The maximum Gasteiger partial charge on any atom is 0.353 e. The van der Waals surface area contributed by atoms with E-state index >= 15 is 0 Å². The highest BCUT2D eigenvalue weighted by atomic mass is 32.2. The van der Waals surface area contributed by atoms with E-state index < -0.39 is 14.3 Å². The molecule has 0 spiro atoms. The first-order chi connectivity index (χ1) is 18.1. The molecule has 1 N–H and O–H groups in total. The SMILES string of the molecule is CC[Si](CC)(CC)O[C@H](C)[C@H]1C(=O)N2C(C(=O)O)=C(S/C=C\c3scnc3COCCOC(C)=O)[C@H](C)[C@H]12. The number of thiazole rings is 1. The summed E-state index contributed by atoms with van der Waals surface area (Å²) >= 11 is 2.79. The van der Waals surface area contributed by atoms with Gasteiger partial charge in [-0.3, -0.25) is 9.59 Å². The van der Waals surface area contributed by atoms with Gasteiger partial charge in [0.15, 0.2) is 8.32 Å². The molecule has 9 nitrogen and oxygen atoms in total. The second-order valence-electron chi connectivity index (χ2n) is 9.57. The molecule has 0 aliphatic carbocycles. The molecule has 0 unspecified atom stereocenters. The van der Waals surface area contributed by atoms with E-state index in [2.05, 4.69) is 25.8 Å². The second kappa shape index (κ2) is 13.4. The fourth-order valence-electron chi connectivity index (χ4n) is 5.24. The zero-order valence-corrected chi connectivity index (χ0v) is 25.5. The molecule has 0 radical (unpaired) electrons. The number of thioether (sulfide) groups is 1. The Labute approximate surface area is 233 Å². The lowest BCUT2D eigenvalue weighted by molar-refractivity contribution is -0.162. The number of rotatable bonds is 15. The number of carboxylic acid groups (broad SMARTS) is 1. The predicted octanol–water partition coefficient (Wildman–Crippen LogP) is 5.11. The van der Waals surface area contributed by atoms with Crippen molar-refractivity contribution in [3.05, 3.63) is 32.1 Å². The summed E-state index contributed by atoms with van der Waals surface area (Å²) in [7, 11) is -1.91. The fraction of sp³-hybridized carbons (Fsp3) is 0.615. The van der Waals surface area contributed by atoms with E-state index in [-0.39, 0.29) is 61.4 Å². The lowest BCUT2D eigenvalue weighted by Gasteiger charge is -2.49. The molecule has 0 saturated carbocycles. The summed E-state index contributed by atoms with van der Waals surface area (Å²) in [5, 5.41) is 11.8. The molecule has 1 aromatic rings. The van der Waals surface area contributed by atoms with E-state index in [0.29, 0.717) is 4.91 Å². The third kappa shape index (κ3) is 6.41. The summed E-state index contributed by atoms with van der Waals surface area (Å²) < 4.78 is 17.0. The quantitative estimate of drug-likeness (QED) is 0.130. The van der Waals surface area contributed by atoms with E-state index in [1.807, 2.05) is 25.3 Å². The molecular weight excluding hydrogens is 545 g/mol. The largest absolute Gasteiger partial charge is 0.477 e. The molecule has 1 amide bonds. The number of β-lactam (4-membered cyclic amide) rings is 1. The molecule has 12 heteroatoms.